The molecule has 0 spiro atoms. The van der Waals surface area contributed by atoms with Crippen molar-refractivity contribution in [3.05, 3.63) is 5.38 Å². The molecule has 0 unspecified atom stereocenters. The smallest absolute Gasteiger partial charge is 0.245 e. The molecule has 102 valence electrons. The lowest BCUT2D eigenvalue weighted by atomic mass is 9.81. The summed E-state index contributed by atoms with van der Waals surface area (Å²) in [5.41, 5.74) is 6.82. The highest BCUT2D eigenvalue weighted by atomic mass is 32.1. The molecule has 0 bridgehead atoms. The van der Waals surface area contributed by atoms with Crippen LogP contribution >= 0.6 is 11.5 Å². The standard InChI is InChI=1S/C11H17N7S/c1-11(7-12)2-4-18(5-3-11)10-13-9(15-16-10)8-6-19-17-14-8/h6H,2-5,7,12H2,1H3,(H,13,15,16). The zero-order chi connectivity index (χ0) is 13.3. The Morgan fingerprint density at radius 1 is 1.47 bits per heavy atom. The van der Waals surface area contributed by atoms with Crippen molar-refractivity contribution in [3.8, 4) is 11.5 Å². The SMILES string of the molecule is CC1(CN)CCN(c2n[nH]c(-c3csnn3)n2)CC1. The van der Waals surface area contributed by atoms with Crippen molar-refractivity contribution in [2.24, 2.45) is 11.1 Å². The van der Waals surface area contributed by atoms with Gasteiger partial charge in [0.25, 0.3) is 0 Å². The molecule has 1 fully saturated rings. The first-order valence-electron chi connectivity index (χ1n) is 6.35. The van der Waals surface area contributed by atoms with E-state index in [1.54, 1.807) is 0 Å². The quantitative estimate of drug-likeness (QED) is 0.866. The lowest BCUT2D eigenvalue weighted by Gasteiger charge is -2.38. The van der Waals surface area contributed by atoms with Gasteiger partial charge in [-0.15, -0.1) is 10.2 Å². The van der Waals surface area contributed by atoms with E-state index < -0.39 is 0 Å². The van der Waals surface area contributed by atoms with Crippen LogP contribution in [0.3, 0.4) is 0 Å². The monoisotopic (exact) mass is 279 g/mol. The van der Waals surface area contributed by atoms with Crippen LogP contribution in [0.1, 0.15) is 19.8 Å². The highest BCUT2D eigenvalue weighted by Crippen LogP contribution is 2.31. The van der Waals surface area contributed by atoms with Crippen LogP contribution in [0.25, 0.3) is 11.5 Å². The number of hydrogen-bond donors (Lipinski definition) is 2. The fourth-order valence-corrected chi connectivity index (χ4v) is 2.67. The summed E-state index contributed by atoms with van der Waals surface area (Å²) in [6, 6.07) is 0. The van der Waals surface area contributed by atoms with Gasteiger partial charge in [-0.1, -0.05) is 11.4 Å². The molecule has 8 heteroatoms. The molecular weight excluding hydrogens is 262 g/mol. The Bertz CT molecular complexity index is 527. The number of nitrogens with zero attached hydrogens (tertiary/aromatic N) is 5. The minimum absolute atomic E-state index is 0.258. The van der Waals surface area contributed by atoms with Crippen LogP contribution in [0.2, 0.25) is 0 Å². The van der Waals surface area contributed by atoms with E-state index in [9.17, 15) is 0 Å². The van der Waals surface area contributed by atoms with Crippen molar-refractivity contribution in [2.45, 2.75) is 19.8 Å². The minimum atomic E-state index is 0.258. The number of nitrogens with two attached hydrogens (primary N) is 1. The average molecular weight is 279 g/mol. The molecule has 0 radical (unpaired) electrons. The third-order valence-electron chi connectivity index (χ3n) is 3.82. The number of H-pyrrole nitrogens is 1. The Hall–Kier alpha value is -1.54. The first-order chi connectivity index (χ1) is 9.20. The summed E-state index contributed by atoms with van der Waals surface area (Å²) in [6.45, 7) is 4.87. The summed E-state index contributed by atoms with van der Waals surface area (Å²) in [4.78, 5) is 6.67. The number of nitrogens with one attached hydrogen (secondary N) is 1. The number of rotatable bonds is 3. The molecule has 1 aliphatic heterocycles. The van der Waals surface area contributed by atoms with Crippen LogP contribution in [0.4, 0.5) is 5.95 Å². The molecular formula is C11H17N7S. The molecule has 0 amide bonds. The maximum atomic E-state index is 5.82. The Kier molecular flexibility index (Phi) is 3.19. The minimum Gasteiger partial charge on any atom is -0.339 e. The van der Waals surface area contributed by atoms with E-state index in [0.29, 0.717) is 5.82 Å². The lowest BCUT2D eigenvalue weighted by molar-refractivity contribution is 0.257. The maximum Gasteiger partial charge on any atom is 0.245 e. The number of aromatic nitrogens is 5. The molecule has 0 atom stereocenters. The van der Waals surface area contributed by atoms with Gasteiger partial charge in [0.2, 0.25) is 5.95 Å². The summed E-state index contributed by atoms with van der Waals surface area (Å²) >= 11 is 1.31. The van der Waals surface area contributed by atoms with Crippen LogP contribution in [-0.2, 0) is 0 Å². The second-order valence-corrected chi connectivity index (χ2v) is 5.89. The molecule has 3 rings (SSSR count). The fraction of sp³-hybridized carbons (Fsp3) is 0.636. The van der Waals surface area contributed by atoms with Gasteiger partial charge in [0, 0.05) is 18.5 Å². The van der Waals surface area contributed by atoms with Gasteiger partial charge in [-0.3, -0.25) is 5.10 Å². The van der Waals surface area contributed by atoms with Gasteiger partial charge in [0.1, 0.15) is 5.69 Å². The first-order valence-corrected chi connectivity index (χ1v) is 7.19. The van der Waals surface area contributed by atoms with Gasteiger partial charge in [-0.05, 0) is 36.3 Å². The highest BCUT2D eigenvalue weighted by Gasteiger charge is 2.30. The van der Waals surface area contributed by atoms with Gasteiger partial charge in [0.15, 0.2) is 5.82 Å². The number of piperidine rings is 1. The van der Waals surface area contributed by atoms with E-state index in [2.05, 4.69) is 36.6 Å². The molecule has 3 heterocycles. The van der Waals surface area contributed by atoms with Crippen molar-refractivity contribution in [2.75, 3.05) is 24.5 Å². The van der Waals surface area contributed by atoms with Crippen molar-refractivity contribution >= 4 is 17.5 Å². The second kappa shape index (κ2) is 4.86. The molecule has 2 aromatic rings. The largest absolute Gasteiger partial charge is 0.339 e. The van der Waals surface area contributed by atoms with E-state index in [1.807, 2.05) is 5.38 Å². The molecule has 7 nitrogen and oxygen atoms in total. The topological polar surface area (TPSA) is 96.6 Å². The molecule has 0 aliphatic carbocycles. The Morgan fingerprint density at radius 3 is 2.89 bits per heavy atom. The molecule has 0 aromatic carbocycles. The Labute approximate surface area is 115 Å². The zero-order valence-corrected chi connectivity index (χ0v) is 11.7. The maximum absolute atomic E-state index is 5.82. The fourth-order valence-electron chi connectivity index (χ4n) is 2.23. The van der Waals surface area contributed by atoms with Crippen molar-refractivity contribution < 1.29 is 0 Å². The Balaban J connectivity index is 1.71. The zero-order valence-electron chi connectivity index (χ0n) is 10.8. The van der Waals surface area contributed by atoms with Gasteiger partial charge in [0.05, 0.1) is 0 Å². The second-order valence-electron chi connectivity index (χ2n) is 5.28. The third kappa shape index (κ3) is 2.45. The molecule has 2 aromatic heterocycles. The van der Waals surface area contributed by atoms with E-state index >= 15 is 0 Å². The van der Waals surface area contributed by atoms with E-state index in [1.165, 1.54) is 11.5 Å². The van der Waals surface area contributed by atoms with Crippen molar-refractivity contribution in [1.29, 1.82) is 0 Å². The molecule has 19 heavy (non-hydrogen) atoms. The summed E-state index contributed by atoms with van der Waals surface area (Å²) in [7, 11) is 0. The van der Waals surface area contributed by atoms with E-state index in [-0.39, 0.29) is 5.41 Å². The van der Waals surface area contributed by atoms with Crippen LogP contribution in [-0.4, -0.2) is 44.4 Å². The number of hydrogen-bond acceptors (Lipinski definition) is 7. The van der Waals surface area contributed by atoms with Gasteiger partial charge < -0.3 is 10.6 Å². The van der Waals surface area contributed by atoms with Gasteiger partial charge in [-0.25, -0.2) is 0 Å². The molecule has 3 N–H and O–H groups in total. The van der Waals surface area contributed by atoms with Crippen molar-refractivity contribution in [1.82, 2.24) is 24.8 Å². The number of anilines is 1. The van der Waals surface area contributed by atoms with E-state index in [0.717, 1.165) is 44.1 Å². The van der Waals surface area contributed by atoms with Crippen LogP contribution in [0.5, 0.6) is 0 Å². The van der Waals surface area contributed by atoms with Gasteiger partial charge >= 0.3 is 0 Å². The van der Waals surface area contributed by atoms with Crippen LogP contribution in [0.15, 0.2) is 5.38 Å². The first kappa shape index (κ1) is 12.5. The summed E-state index contributed by atoms with van der Waals surface area (Å²) in [6.07, 6.45) is 2.15. The predicted molar refractivity (Wildman–Crippen MR) is 73.9 cm³/mol. The van der Waals surface area contributed by atoms with Gasteiger partial charge in [-0.2, -0.15) is 4.98 Å². The summed E-state index contributed by atoms with van der Waals surface area (Å²) < 4.78 is 3.83. The van der Waals surface area contributed by atoms with Crippen molar-refractivity contribution in [3.63, 3.8) is 0 Å². The summed E-state index contributed by atoms with van der Waals surface area (Å²) in [5.74, 6) is 1.41. The number of aromatic amines is 1. The Morgan fingerprint density at radius 2 is 2.26 bits per heavy atom. The lowest BCUT2D eigenvalue weighted by Crippen LogP contribution is -2.42. The molecule has 1 saturated heterocycles. The predicted octanol–water partition coefficient (Wildman–Crippen LogP) is 0.888. The van der Waals surface area contributed by atoms with Crippen LogP contribution in [0, 0.1) is 5.41 Å². The molecule has 0 saturated carbocycles. The summed E-state index contributed by atoms with van der Waals surface area (Å²) in [5, 5.41) is 13.0. The average Bonchev–Trinajstić information content (AvgIpc) is 3.10. The highest BCUT2D eigenvalue weighted by molar-refractivity contribution is 7.03. The van der Waals surface area contributed by atoms with E-state index in [4.69, 9.17) is 5.73 Å². The normalized spacial score (nSPS) is 18.7. The third-order valence-corrected chi connectivity index (χ3v) is 4.33. The molecule has 1 aliphatic rings. The van der Waals surface area contributed by atoms with Crippen LogP contribution < -0.4 is 10.6 Å².